The Morgan fingerprint density at radius 2 is 1.82 bits per heavy atom. The molecule has 186 valence electrons. The number of pyridine rings is 1. The summed E-state index contributed by atoms with van der Waals surface area (Å²) in [6.45, 7) is 4.19. The monoisotopic (exact) mass is 469 g/mol. The van der Waals surface area contributed by atoms with Gasteiger partial charge >= 0.3 is 6.09 Å². The Morgan fingerprint density at radius 1 is 1.06 bits per heavy atom. The molecule has 8 heteroatoms. The molecule has 2 aliphatic carbocycles. The highest BCUT2D eigenvalue weighted by molar-refractivity contribution is 5.84. The van der Waals surface area contributed by atoms with Gasteiger partial charge in [0.2, 0.25) is 0 Å². The summed E-state index contributed by atoms with van der Waals surface area (Å²) in [6.07, 6.45) is 13.8. The molecule has 5 rings (SSSR count). The molecule has 1 aliphatic heterocycles. The van der Waals surface area contributed by atoms with Crippen LogP contribution in [0, 0.1) is 0 Å². The van der Waals surface area contributed by atoms with Crippen LogP contribution in [0.5, 0.6) is 0 Å². The van der Waals surface area contributed by atoms with E-state index in [-0.39, 0.29) is 5.56 Å². The Morgan fingerprint density at radius 3 is 2.59 bits per heavy atom. The number of nitrogens with zero attached hydrogens (tertiary/aromatic N) is 3. The SMILES string of the molecule is CCOC(=O)NCCn1nc([C@H]2CCCN2C2CCCCCC2)c2c3c(c(=O)[nH]c21)CCCC3. The Labute approximate surface area is 201 Å². The fraction of sp³-hybridized carbons (Fsp3) is 0.731. The lowest BCUT2D eigenvalue weighted by atomic mass is 9.89. The molecule has 1 saturated heterocycles. The number of ether oxygens (including phenoxy) is 1. The maximum Gasteiger partial charge on any atom is 0.407 e. The summed E-state index contributed by atoms with van der Waals surface area (Å²) >= 11 is 0. The van der Waals surface area contributed by atoms with E-state index in [4.69, 9.17) is 9.84 Å². The minimum absolute atomic E-state index is 0.0281. The van der Waals surface area contributed by atoms with Gasteiger partial charge in [-0.25, -0.2) is 9.48 Å². The fourth-order valence-corrected chi connectivity index (χ4v) is 6.47. The van der Waals surface area contributed by atoms with Gasteiger partial charge in [-0.1, -0.05) is 25.7 Å². The van der Waals surface area contributed by atoms with Crippen molar-refractivity contribution in [3.63, 3.8) is 0 Å². The molecule has 2 fully saturated rings. The summed E-state index contributed by atoms with van der Waals surface area (Å²) in [7, 11) is 0. The number of hydrogen-bond acceptors (Lipinski definition) is 5. The number of fused-ring (bicyclic) bond motifs is 3. The number of rotatable bonds is 6. The molecule has 1 atom stereocenters. The van der Waals surface area contributed by atoms with Crippen LogP contribution in [0.3, 0.4) is 0 Å². The highest BCUT2D eigenvalue weighted by atomic mass is 16.5. The van der Waals surface area contributed by atoms with Crippen molar-refractivity contribution >= 4 is 17.1 Å². The number of aryl methyl sites for hydroxylation is 1. The molecule has 8 nitrogen and oxygen atoms in total. The second kappa shape index (κ2) is 10.5. The second-order valence-electron chi connectivity index (χ2n) is 10.1. The standard InChI is InChI=1S/C26H39N5O3/c1-2-34-26(33)27-15-17-31-24-22(19-12-7-8-13-20(19)25(32)28-24)23(29-31)21-14-9-16-30(21)18-10-5-3-4-6-11-18/h18,21H,2-17H2,1H3,(H,27,33)(H,28,32)/t21-/m1/s1. The second-order valence-corrected chi connectivity index (χ2v) is 10.1. The van der Waals surface area contributed by atoms with Crippen molar-refractivity contribution in [3.8, 4) is 0 Å². The molecule has 2 aromatic heterocycles. The summed E-state index contributed by atoms with van der Waals surface area (Å²) < 4.78 is 6.91. The third-order valence-electron chi connectivity index (χ3n) is 8.03. The third kappa shape index (κ3) is 4.61. The smallest absolute Gasteiger partial charge is 0.407 e. The number of alkyl carbamates (subject to hydrolysis) is 1. The summed E-state index contributed by atoms with van der Waals surface area (Å²) in [6, 6.07) is 0.945. The maximum absolute atomic E-state index is 13.0. The number of nitrogens with one attached hydrogen (secondary N) is 2. The molecule has 3 aliphatic rings. The van der Waals surface area contributed by atoms with Crippen LogP contribution in [0.15, 0.2) is 4.79 Å². The number of amides is 1. The van der Waals surface area contributed by atoms with E-state index >= 15 is 0 Å². The van der Waals surface area contributed by atoms with Gasteiger partial charge in [-0.05, 0) is 70.4 Å². The van der Waals surface area contributed by atoms with Gasteiger partial charge in [0.25, 0.3) is 5.56 Å². The molecule has 0 aromatic carbocycles. The summed E-state index contributed by atoms with van der Waals surface area (Å²) in [5, 5.41) is 9.12. The van der Waals surface area contributed by atoms with E-state index in [1.807, 2.05) is 4.68 Å². The molecule has 34 heavy (non-hydrogen) atoms. The van der Waals surface area contributed by atoms with Crippen LogP contribution < -0.4 is 10.9 Å². The zero-order chi connectivity index (χ0) is 23.5. The topological polar surface area (TPSA) is 92.2 Å². The number of aromatic nitrogens is 3. The van der Waals surface area contributed by atoms with Crippen LogP contribution in [-0.2, 0) is 24.1 Å². The van der Waals surface area contributed by atoms with E-state index in [1.165, 1.54) is 55.9 Å². The van der Waals surface area contributed by atoms with E-state index < -0.39 is 6.09 Å². The zero-order valence-corrected chi connectivity index (χ0v) is 20.5. The largest absolute Gasteiger partial charge is 0.450 e. The molecular weight excluding hydrogens is 430 g/mol. The predicted octanol–water partition coefficient (Wildman–Crippen LogP) is 4.21. The number of carbonyl (C=O) groups excluding carboxylic acids is 1. The summed E-state index contributed by atoms with van der Waals surface area (Å²) in [5.74, 6) is 0. The lowest BCUT2D eigenvalue weighted by molar-refractivity contribution is 0.151. The van der Waals surface area contributed by atoms with Gasteiger partial charge in [-0.15, -0.1) is 0 Å². The van der Waals surface area contributed by atoms with E-state index in [9.17, 15) is 9.59 Å². The van der Waals surface area contributed by atoms with Gasteiger partial charge in [0.1, 0.15) is 5.65 Å². The van der Waals surface area contributed by atoms with Crippen LogP contribution in [0.1, 0.15) is 94.0 Å². The lowest BCUT2D eigenvalue weighted by Gasteiger charge is -2.32. The highest BCUT2D eigenvalue weighted by Gasteiger charge is 2.36. The minimum atomic E-state index is -0.416. The molecule has 2 N–H and O–H groups in total. The lowest BCUT2D eigenvalue weighted by Crippen LogP contribution is -2.35. The van der Waals surface area contributed by atoms with Crippen molar-refractivity contribution in [1.29, 1.82) is 0 Å². The molecule has 0 unspecified atom stereocenters. The third-order valence-corrected chi connectivity index (χ3v) is 8.03. The van der Waals surface area contributed by atoms with Crippen LogP contribution in [0.4, 0.5) is 4.79 Å². The van der Waals surface area contributed by atoms with E-state index in [1.54, 1.807) is 6.92 Å². The average molecular weight is 470 g/mol. The number of carbonyl (C=O) groups is 1. The highest BCUT2D eigenvalue weighted by Crippen LogP contribution is 2.41. The van der Waals surface area contributed by atoms with Crippen LogP contribution in [0.25, 0.3) is 11.0 Å². The van der Waals surface area contributed by atoms with Crippen molar-refractivity contribution in [1.82, 2.24) is 25.0 Å². The molecular formula is C26H39N5O3. The Bertz CT molecular complexity index is 1070. The number of hydrogen-bond donors (Lipinski definition) is 2. The van der Waals surface area contributed by atoms with Crippen molar-refractivity contribution in [3.05, 3.63) is 27.2 Å². The van der Waals surface area contributed by atoms with E-state index in [0.717, 1.165) is 55.6 Å². The van der Waals surface area contributed by atoms with Gasteiger partial charge in [0.15, 0.2) is 0 Å². The number of likely N-dealkylation sites (tertiary alicyclic amines) is 1. The fourth-order valence-electron chi connectivity index (χ4n) is 6.47. The number of aromatic amines is 1. The quantitative estimate of drug-likeness (QED) is 0.619. The van der Waals surface area contributed by atoms with Crippen molar-refractivity contribution in [2.75, 3.05) is 19.7 Å². The van der Waals surface area contributed by atoms with Gasteiger partial charge in [-0.2, -0.15) is 5.10 Å². The first-order chi connectivity index (χ1) is 16.7. The zero-order valence-electron chi connectivity index (χ0n) is 20.5. The Hall–Kier alpha value is -2.35. The molecule has 1 amide bonds. The Kier molecular flexibility index (Phi) is 7.23. The summed E-state index contributed by atoms with van der Waals surface area (Å²) in [4.78, 5) is 30.7. The molecule has 0 bridgehead atoms. The summed E-state index contributed by atoms with van der Waals surface area (Å²) in [5.41, 5.74) is 4.17. The van der Waals surface area contributed by atoms with Gasteiger partial charge in [0.05, 0.1) is 24.9 Å². The maximum atomic E-state index is 13.0. The van der Waals surface area contributed by atoms with Crippen molar-refractivity contribution < 1.29 is 9.53 Å². The van der Waals surface area contributed by atoms with E-state index in [0.29, 0.717) is 31.8 Å². The first-order valence-electron chi connectivity index (χ1n) is 13.5. The van der Waals surface area contributed by atoms with Gasteiger partial charge < -0.3 is 15.0 Å². The minimum Gasteiger partial charge on any atom is -0.450 e. The van der Waals surface area contributed by atoms with Crippen molar-refractivity contribution in [2.24, 2.45) is 0 Å². The van der Waals surface area contributed by atoms with Gasteiger partial charge in [0, 0.05) is 23.5 Å². The Balaban J connectivity index is 1.52. The van der Waals surface area contributed by atoms with Crippen LogP contribution in [0.2, 0.25) is 0 Å². The first-order valence-corrected chi connectivity index (χ1v) is 13.5. The average Bonchev–Trinajstić information content (AvgIpc) is 3.35. The van der Waals surface area contributed by atoms with Crippen LogP contribution in [-0.4, -0.2) is 51.5 Å². The molecule has 0 spiro atoms. The van der Waals surface area contributed by atoms with Gasteiger partial charge in [-0.3, -0.25) is 9.69 Å². The molecule has 3 heterocycles. The van der Waals surface area contributed by atoms with E-state index in [2.05, 4.69) is 15.2 Å². The van der Waals surface area contributed by atoms with Crippen LogP contribution >= 0.6 is 0 Å². The first kappa shape index (κ1) is 23.4. The van der Waals surface area contributed by atoms with Crippen molar-refractivity contribution in [2.45, 2.75) is 103 Å². The molecule has 0 radical (unpaired) electrons. The molecule has 1 saturated carbocycles. The molecule has 2 aromatic rings. The number of H-pyrrole nitrogens is 1. The predicted molar refractivity (Wildman–Crippen MR) is 132 cm³/mol. The normalized spacial score (nSPS) is 22.0.